The normalized spacial score (nSPS) is 12.7. The number of nitrogens with two attached hydrogens (primary N) is 1. The maximum atomic E-state index is 13.0. The van der Waals surface area contributed by atoms with Gasteiger partial charge in [0.25, 0.3) is 5.91 Å². The fraction of sp³-hybridized carbons (Fsp3) is 0.273. The zero-order chi connectivity index (χ0) is 62.7. The number of aromatic hydroxyl groups is 1. The minimum atomic E-state index is -1.00. The number of nitrogen functional groups attached to an aromatic ring is 1. The number of aliphatic imine (C=N–C) groups is 1. The molecule has 0 spiro atoms. The van der Waals surface area contributed by atoms with Crippen molar-refractivity contribution in [2.75, 3.05) is 32.0 Å². The molecular formula is C66H71FN4O12. The number of esters is 4. The Labute approximate surface area is 484 Å². The molecule has 0 saturated heterocycles. The summed E-state index contributed by atoms with van der Waals surface area (Å²) in [7, 11) is 1.59. The molecule has 1 aliphatic heterocycles. The first kappa shape index (κ1) is 62.7. The number of amides is 2. The van der Waals surface area contributed by atoms with Gasteiger partial charge in [-0.2, -0.15) is 0 Å². The van der Waals surface area contributed by atoms with Crippen LogP contribution in [0.3, 0.4) is 0 Å². The number of halogens is 1. The molecule has 3 N–H and O–H groups in total. The number of aromatic nitrogens is 1. The van der Waals surface area contributed by atoms with Crippen LogP contribution < -0.4 is 10.6 Å². The molecule has 1 aliphatic rings. The first-order valence-corrected chi connectivity index (χ1v) is 26.1. The SMILES string of the molecule is COC(=O)c1cc2c(cc1C)/C(=C(\C)c1ccccc1)C(=O)N2C(C)=O.COC(=O)c1cc2c(cc1C)c(C(=Nc1ccc(C(=O)OC(C)(C)C)c(C)c1)c1ccccc1)c(O)n2C(C)=O.Cc1cc(N)ccc1C(=O)OC(C)(C)C.[2H]CF. The quantitative estimate of drug-likeness (QED) is 0.0476. The molecule has 0 unspecified atom stereocenters. The van der Waals surface area contributed by atoms with E-state index in [2.05, 4.69) is 0 Å². The van der Waals surface area contributed by atoms with E-state index in [4.69, 9.17) is 31.0 Å². The number of carbonyl (C=O) groups is 7. The Morgan fingerprint density at radius 1 is 0.602 bits per heavy atom. The first-order valence-electron chi connectivity index (χ1n) is 26.9. The average Bonchev–Trinajstić information content (AvgIpc) is 3.09. The molecule has 8 rings (SSSR count). The van der Waals surface area contributed by atoms with Gasteiger partial charge in [-0.1, -0.05) is 60.7 Å². The number of aryl methyl sites for hydroxylation is 4. The highest BCUT2D eigenvalue weighted by Crippen LogP contribution is 2.43. The van der Waals surface area contributed by atoms with Crippen LogP contribution in [0.15, 0.2) is 126 Å². The smallest absolute Gasteiger partial charge is 0.338 e. The molecule has 17 heteroatoms. The van der Waals surface area contributed by atoms with Gasteiger partial charge in [-0.15, -0.1) is 0 Å². The molecule has 0 bridgehead atoms. The molecule has 0 saturated carbocycles. The number of alkyl halides is 1. The number of benzene rings is 6. The van der Waals surface area contributed by atoms with E-state index >= 15 is 0 Å². The van der Waals surface area contributed by atoms with E-state index in [1.54, 1.807) is 81.4 Å². The first-order chi connectivity index (χ1) is 39.4. The van der Waals surface area contributed by atoms with Crippen LogP contribution >= 0.6 is 0 Å². The molecule has 0 aliphatic carbocycles. The lowest BCUT2D eigenvalue weighted by Gasteiger charge is -2.20. The predicted octanol–water partition coefficient (Wildman–Crippen LogP) is 13.3. The zero-order valence-electron chi connectivity index (χ0n) is 50.5. The van der Waals surface area contributed by atoms with Gasteiger partial charge in [0.15, 0.2) is 0 Å². The molecule has 2 amide bonds. The summed E-state index contributed by atoms with van der Waals surface area (Å²) in [6.07, 6.45) is 0. The lowest BCUT2D eigenvalue weighted by Crippen LogP contribution is -2.31. The van der Waals surface area contributed by atoms with Crippen molar-refractivity contribution in [1.82, 2.24) is 4.57 Å². The van der Waals surface area contributed by atoms with E-state index in [0.29, 0.717) is 89.3 Å². The number of hydrogen-bond donors (Lipinski definition) is 2. The van der Waals surface area contributed by atoms with Gasteiger partial charge >= 0.3 is 23.9 Å². The van der Waals surface area contributed by atoms with E-state index in [9.17, 15) is 43.1 Å². The fourth-order valence-corrected chi connectivity index (χ4v) is 9.08. The van der Waals surface area contributed by atoms with Crippen LogP contribution in [-0.2, 0) is 28.5 Å². The standard InChI is InChI=1S/C32H32N2O6.C21H19NO4.C12H17NO2.CH3F/c1-18-15-22(13-14-23(18)31(38)40-32(4,5)6)33-28(21-11-9-8-10-12-21)27-25-16-19(2)24(30(37)39-7)17-26(25)34(20(3)35)29(27)36;1-12-10-17-18(11-16(12)21(25)26-4)22(14(3)23)20(24)19(17)13(2)15-8-6-5-7-9-15;1-8-7-9(13)5-6-10(8)11(14)15-12(2,3)4;1-2/h8-17,36H,1-7H3;5-11H,1-4H3;5-7H,13H2,1-4H3;1H3/b;19-13-;;/i;;;1D. The van der Waals surface area contributed by atoms with Gasteiger partial charge in [-0.25, -0.2) is 29.1 Å². The van der Waals surface area contributed by atoms with Crippen molar-refractivity contribution in [1.29, 1.82) is 0 Å². The molecule has 16 nitrogen and oxygen atoms in total. The summed E-state index contributed by atoms with van der Waals surface area (Å²) >= 11 is 0. The third kappa shape index (κ3) is 15.1. The summed E-state index contributed by atoms with van der Waals surface area (Å²) in [5.41, 5.74) is 15.2. The number of methoxy groups -OCH3 is 2. The number of rotatable bonds is 8. The number of imide groups is 1. The van der Waals surface area contributed by atoms with Crippen LogP contribution in [0.2, 0.25) is 0 Å². The average molecular weight is 1130 g/mol. The second kappa shape index (κ2) is 26.8. The molecule has 7 aromatic rings. The Morgan fingerprint density at radius 3 is 1.54 bits per heavy atom. The van der Waals surface area contributed by atoms with Crippen molar-refractivity contribution in [3.8, 4) is 5.88 Å². The Balaban J connectivity index is 0.000000250. The van der Waals surface area contributed by atoms with Crippen LogP contribution in [0, 0.1) is 27.7 Å². The van der Waals surface area contributed by atoms with Crippen molar-refractivity contribution >= 4 is 86.4 Å². The molecule has 6 aromatic carbocycles. The molecule has 0 atom stereocenters. The third-order valence-corrected chi connectivity index (χ3v) is 12.8. The molecule has 0 fully saturated rings. The summed E-state index contributed by atoms with van der Waals surface area (Å²) < 4.78 is 37.2. The van der Waals surface area contributed by atoms with E-state index in [0.717, 1.165) is 26.2 Å². The monoisotopic (exact) mass is 1130 g/mol. The number of fused-ring (bicyclic) bond motifs is 2. The van der Waals surface area contributed by atoms with Crippen molar-refractivity contribution in [3.63, 3.8) is 0 Å². The Hall–Kier alpha value is -9.51. The van der Waals surface area contributed by atoms with Gasteiger partial charge < -0.3 is 29.8 Å². The topological polar surface area (TPSA) is 223 Å². The van der Waals surface area contributed by atoms with Crippen molar-refractivity contribution in [2.24, 2.45) is 4.99 Å². The summed E-state index contributed by atoms with van der Waals surface area (Å²) in [5.74, 6) is -3.29. The van der Waals surface area contributed by atoms with E-state index < -0.39 is 48.1 Å². The highest BCUT2D eigenvalue weighted by Gasteiger charge is 2.38. The van der Waals surface area contributed by atoms with E-state index in [1.807, 2.05) is 116 Å². The van der Waals surface area contributed by atoms with Crippen molar-refractivity contribution in [2.45, 2.75) is 101 Å². The maximum Gasteiger partial charge on any atom is 0.338 e. The highest BCUT2D eigenvalue weighted by atomic mass is 19.1. The number of hydrogen-bond acceptors (Lipinski definition) is 14. The van der Waals surface area contributed by atoms with Gasteiger partial charge in [0.1, 0.15) is 11.2 Å². The largest absolute Gasteiger partial charge is 0.494 e. The Bertz CT molecular complexity index is 3740. The van der Waals surface area contributed by atoms with E-state index in [-0.39, 0.29) is 23.3 Å². The number of carbonyl (C=O) groups excluding carboxylic acids is 7. The van der Waals surface area contributed by atoms with Gasteiger partial charge in [-0.05, 0) is 170 Å². The Kier molecular flexibility index (Phi) is 20.3. The van der Waals surface area contributed by atoms with Gasteiger partial charge in [0, 0.05) is 36.0 Å². The molecule has 83 heavy (non-hydrogen) atoms. The fourth-order valence-electron chi connectivity index (χ4n) is 9.08. The van der Waals surface area contributed by atoms with Gasteiger partial charge in [0.05, 0.1) is 78.7 Å². The predicted molar refractivity (Wildman–Crippen MR) is 321 cm³/mol. The number of anilines is 2. The number of allylic oxidation sites excluding steroid dienone is 1. The molecule has 434 valence electrons. The van der Waals surface area contributed by atoms with Crippen LogP contribution in [0.1, 0.15) is 154 Å². The van der Waals surface area contributed by atoms with Crippen LogP contribution in [0.4, 0.5) is 21.5 Å². The van der Waals surface area contributed by atoms with Crippen molar-refractivity contribution < 1.29 is 63.4 Å². The Morgan fingerprint density at radius 2 is 1.07 bits per heavy atom. The van der Waals surface area contributed by atoms with E-state index in [1.165, 1.54) is 28.1 Å². The van der Waals surface area contributed by atoms with Crippen molar-refractivity contribution in [3.05, 3.63) is 188 Å². The second-order valence-corrected chi connectivity index (χ2v) is 21.3. The number of nitrogens with zero attached hydrogens (tertiary/aromatic N) is 3. The lowest BCUT2D eigenvalue weighted by molar-refractivity contribution is -0.122. The lowest BCUT2D eigenvalue weighted by atomic mass is 9.94. The maximum absolute atomic E-state index is 13.0. The highest BCUT2D eigenvalue weighted by molar-refractivity contribution is 6.43. The zero-order valence-corrected chi connectivity index (χ0v) is 49.5. The molecule has 2 heterocycles. The summed E-state index contributed by atoms with van der Waals surface area (Å²) in [6.45, 7) is 22.7. The summed E-state index contributed by atoms with van der Waals surface area (Å²) in [5, 5.41) is 12.0. The minimum absolute atomic E-state index is 0.285. The summed E-state index contributed by atoms with van der Waals surface area (Å²) in [6, 6.07) is 35.7. The van der Waals surface area contributed by atoms with Gasteiger partial charge in [-0.3, -0.25) is 23.3 Å². The molecular weight excluding hydrogens is 1060 g/mol. The van der Waals surface area contributed by atoms with Crippen LogP contribution in [0.5, 0.6) is 5.88 Å². The summed E-state index contributed by atoms with van der Waals surface area (Å²) in [4.78, 5) is 92.7. The molecule has 1 aromatic heterocycles. The van der Waals surface area contributed by atoms with Crippen LogP contribution in [0.25, 0.3) is 22.0 Å². The third-order valence-electron chi connectivity index (χ3n) is 12.8. The molecule has 0 radical (unpaired) electrons. The van der Waals surface area contributed by atoms with Crippen LogP contribution in [-0.4, -0.2) is 89.6 Å². The number of ether oxygens (including phenoxy) is 4. The minimum Gasteiger partial charge on any atom is -0.494 e. The van der Waals surface area contributed by atoms with Gasteiger partial charge in [0.2, 0.25) is 17.7 Å². The second-order valence-electron chi connectivity index (χ2n) is 21.3.